The molecule has 0 aromatic heterocycles. The fraction of sp³-hybridized carbons (Fsp3) is 0.533. The number of benzene rings is 1. The average Bonchev–Trinajstić information content (AvgIpc) is 2.82. The van der Waals surface area contributed by atoms with E-state index in [2.05, 4.69) is 0 Å². The minimum absolute atomic E-state index is 0.0585. The van der Waals surface area contributed by atoms with Gasteiger partial charge in [0.2, 0.25) is 0 Å². The summed E-state index contributed by atoms with van der Waals surface area (Å²) >= 11 is 0. The van der Waals surface area contributed by atoms with Gasteiger partial charge in [-0.2, -0.15) is 0 Å². The highest BCUT2D eigenvalue weighted by atomic mass is 16.5. The first-order valence-corrected chi connectivity index (χ1v) is 6.48. The van der Waals surface area contributed by atoms with Crippen LogP contribution in [0.1, 0.15) is 50.7 Å². The van der Waals surface area contributed by atoms with E-state index in [0.29, 0.717) is 0 Å². The Morgan fingerprint density at radius 2 is 1.94 bits per heavy atom. The molecule has 17 heavy (non-hydrogen) atoms. The molecule has 1 aromatic carbocycles. The highest BCUT2D eigenvalue weighted by molar-refractivity contribution is 5.66. The van der Waals surface area contributed by atoms with Gasteiger partial charge in [0.1, 0.15) is 6.10 Å². The van der Waals surface area contributed by atoms with Crippen molar-refractivity contribution in [3.63, 3.8) is 0 Å². The van der Waals surface area contributed by atoms with Crippen LogP contribution in [-0.2, 0) is 9.53 Å². The lowest BCUT2D eigenvalue weighted by Crippen LogP contribution is -2.12. The number of hydrogen-bond donors (Lipinski definition) is 0. The van der Waals surface area contributed by atoms with Crippen LogP contribution in [0.25, 0.3) is 0 Å². The minimum Gasteiger partial charge on any atom is -0.458 e. The van der Waals surface area contributed by atoms with Gasteiger partial charge in [-0.3, -0.25) is 4.79 Å². The van der Waals surface area contributed by atoms with Crippen molar-refractivity contribution in [2.75, 3.05) is 0 Å². The largest absolute Gasteiger partial charge is 0.458 e. The van der Waals surface area contributed by atoms with Crippen LogP contribution in [0.5, 0.6) is 0 Å². The summed E-state index contributed by atoms with van der Waals surface area (Å²) < 4.78 is 5.46. The Morgan fingerprint density at radius 1 is 1.29 bits per heavy atom. The molecular weight excluding hydrogens is 212 g/mol. The van der Waals surface area contributed by atoms with E-state index in [0.717, 1.165) is 17.9 Å². The molecule has 0 saturated heterocycles. The van der Waals surface area contributed by atoms with Crippen molar-refractivity contribution >= 4 is 5.97 Å². The fourth-order valence-electron chi connectivity index (χ4n) is 2.67. The van der Waals surface area contributed by atoms with Crippen molar-refractivity contribution in [2.45, 2.75) is 45.1 Å². The molecule has 92 valence electrons. The van der Waals surface area contributed by atoms with Gasteiger partial charge < -0.3 is 4.74 Å². The number of rotatable bonds is 4. The summed E-state index contributed by atoms with van der Waals surface area (Å²) in [6, 6.07) is 10.1. The molecule has 0 radical (unpaired) electrons. The third-order valence-corrected chi connectivity index (χ3v) is 3.50. The van der Waals surface area contributed by atoms with E-state index in [9.17, 15) is 4.79 Å². The van der Waals surface area contributed by atoms with Gasteiger partial charge in [-0.05, 0) is 17.9 Å². The molecule has 0 aliphatic heterocycles. The molecule has 2 heteroatoms. The number of esters is 1. The maximum absolute atomic E-state index is 11.2. The fourth-order valence-corrected chi connectivity index (χ4v) is 2.67. The van der Waals surface area contributed by atoms with Crippen LogP contribution < -0.4 is 0 Å². The summed E-state index contributed by atoms with van der Waals surface area (Å²) in [4.78, 5) is 11.2. The van der Waals surface area contributed by atoms with E-state index < -0.39 is 0 Å². The molecule has 1 saturated carbocycles. The molecule has 1 aliphatic carbocycles. The Hall–Kier alpha value is -1.31. The first kappa shape index (κ1) is 12.2. The zero-order valence-electron chi connectivity index (χ0n) is 10.4. The van der Waals surface area contributed by atoms with Crippen LogP contribution in [0.4, 0.5) is 0 Å². The maximum atomic E-state index is 11.2. The Bertz CT molecular complexity index is 352. The molecule has 0 N–H and O–H groups in total. The Kier molecular flexibility index (Phi) is 4.18. The van der Waals surface area contributed by atoms with Gasteiger partial charge in [-0.1, -0.05) is 56.0 Å². The van der Waals surface area contributed by atoms with Gasteiger partial charge in [0.25, 0.3) is 0 Å². The van der Waals surface area contributed by atoms with E-state index in [4.69, 9.17) is 4.74 Å². The van der Waals surface area contributed by atoms with Gasteiger partial charge in [-0.15, -0.1) is 0 Å². The Balaban J connectivity index is 2.04. The van der Waals surface area contributed by atoms with Crippen molar-refractivity contribution < 1.29 is 9.53 Å². The zero-order valence-corrected chi connectivity index (χ0v) is 10.4. The lowest BCUT2D eigenvalue weighted by atomic mass is 9.95. The third-order valence-electron chi connectivity index (χ3n) is 3.50. The van der Waals surface area contributed by atoms with Gasteiger partial charge >= 0.3 is 5.97 Å². The van der Waals surface area contributed by atoms with Gasteiger partial charge in [-0.25, -0.2) is 0 Å². The first-order chi connectivity index (χ1) is 8.25. The quantitative estimate of drug-likeness (QED) is 0.736. The monoisotopic (exact) mass is 232 g/mol. The number of hydrogen-bond acceptors (Lipinski definition) is 2. The standard InChI is InChI=1S/C15H20O2/c1-12(16)17-15(11-13-7-5-6-8-13)14-9-3-2-4-10-14/h2-4,9-10,13,15H,5-8,11H2,1H3. The average molecular weight is 232 g/mol. The van der Waals surface area contributed by atoms with E-state index in [1.807, 2.05) is 30.3 Å². The van der Waals surface area contributed by atoms with Crippen molar-refractivity contribution in [1.82, 2.24) is 0 Å². The topological polar surface area (TPSA) is 26.3 Å². The highest BCUT2D eigenvalue weighted by Gasteiger charge is 2.23. The molecule has 0 heterocycles. The molecule has 1 fully saturated rings. The summed E-state index contributed by atoms with van der Waals surface area (Å²) in [5.41, 5.74) is 1.12. The predicted octanol–water partition coefficient (Wildman–Crippen LogP) is 3.87. The molecule has 1 atom stereocenters. The first-order valence-electron chi connectivity index (χ1n) is 6.48. The van der Waals surface area contributed by atoms with Crippen molar-refractivity contribution in [3.05, 3.63) is 35.9 Å². The zero-order chi connectivity index (χ0) is 12.1. The Morgan fingerprint density at radius 3 is 2.53 bits per heavy atom. The van der Waals surface area contributed by atoms with E-state index in [1.165, 1.54) is 32.6 Å². The third kappa shape index (κ3) is 3.58. The summed E-state index contributed by atoms with van der Waals surface area (Å²) in [6.07, 6.45) is 6.13. The molecule has 2 nitrogen and oxygen atoms in total. The summed E-state index contributed by atoms with van der Waals surface area (Å²) in [7, 11) is 0. The maximum Gasteiger partial charge on any atom is 0.303 e. The second-order valence-electron chi connectivity index (χ2n) is 4.89. The molecule has 1 unspecified atom stereocenters. The molecule has 0 amide bonds. The van der Waals surface area contributed by atoms with Gasteiger partial charge in [0, 0.05) is 6.92 Å². The highest BCUT2D eigenvalue weighted by Crippen LogP contribution is 2.34. The molecule has 0 spiro atoms. The van der Waals surface area contributed by atoms with Crippen LogP contribution in [0.3, 0.4) is 0 Å². The van der Waals surface area contributed by atoms with E-state index in [1.54, 1.807) is 0 Å². The summed E-state index contributed by atoms with van der Waals surface area (Å²) in [5, 5.41) is 0. The molecule has 2 rings (SSSR count). The SMILES string of the molecule is CC(=O)OC(CC1CCCC1)c1ccccc1. The normalized spacial score (nSPS) is 17.9. The smallest absolute Gasteiger partial charge is 0.303 e. The lowest BCUT2D eigenvalue weighted by molar-refractivity contribution is -0.147. The van der Waals surface area contributed by atoms with Crippen molar-refractivity contribution in [2.24, 2.45) is 5.92 Å². The van der Waals surface area contributed by atoms with E-state index in [-0.39, 0.29) is 12.1 Å². The summed E-state index contributed by atoms with van der Waals surface area (Å²) in [6.45, 7) is 1.49. The lowest BCUT2D eigenvalue weighted by Gasteiger charge is -2.20. The van der Waals surface area contributed by atoms with Crippen molar-refractivity contribution in [1.29, 1.82) is 0 Å². The molecule has 0 bridgehead atoms. The predicted molar refractivity (Wildman–Crippen MR) is 67.5 cm³/mol. The number of ether oxygens (including phenoxy) is 1. The summed E-state index contributed by atoms with van der Waals surface area (Å²) in [5.74, 6) is 0.538. The molecule has 1 aromatic rings. The van der Waals surface area contributed by atoms with Crippen LogP contribution in [-0.4, -0.2) is 5.97 Å². The van der Waals surface area contributed by atoms with Crippen LogP contribution in [0.2, 0.25) is 0 Å². The van der Waals surface area contributed by atoms with Crippen LogP contribution >= 0.6 is 0 Å². The van der Waals surface area contributed by atoms with Crippen LogP contribution in [0, 0.1) is 5.92 Å². The number of carbonyl (C=O) groups is 1. The second kappa shape index (κ2) is 5.85. The Labute approximate surface area is 103 Å². The van der Waals surface area contributed by atoms with Crippen molar-refractivity contribution in [3.8, 4) is 0 Å². The minimum atomic E-state index is -0.183. The van der Waals surface area contributed by atoms with Gasteiger partial charge in [0.05, 0.1) is 0 Å². The second-order valence-corrected chi connectivity index (χ2v) is 4.89. The van der Waals surface area contributed by atoms with Crippen LogP contribution in [0.15, 0.2) is 30.3 Å². The molecule has 1 aliphatic rings. The number of carbonyl (C=O) groups excluding carboxylic acids is 1. The van der Waals surface area contributed by atoms with Gasteiger partial charge in [0.15, 0.2) is 0 Å². The van der Waals surface area contributed by atoms with E-state index >= 15 is 0 Å². The molecular formula is C15H20O2.